The number of phenolic OH excluding ortho intramolecular Hbond substituents is 1. The van der Waals surface area contributed by atoms with Gasteiger partial charge < -0.3 is 5.11 Å². The number of hydrogen-bond donors (Lipinski definition) is 1. The highest BCUT2D eigenvalue weighted by molar-refractivity contribution is 5.89. The molecule has 2 aromatic heterocycles. The first kappa shape index (κ1) is 10.7. The fourth-order valence-electron chi connectivity index (χ4n) is 1.92. The summed E-state index contributed by atoms with van der Waals surface area (Å²) in [5.41, 5.74) is 2.78. The van der Waals surface area contributed by atoms with Crippen molar-refractivity contribution in [2.45, 2.75) is 0 Å². The van der Waals surface area contributed by atoms with Crippen LogP contribution in [0.25, 0.3) is 22.3 Å². The minimum Gasteiger partial charge on any atom is -0.508 e. The third-order valence-corrected chi connectivity index (χ3v) is 2.80. The van der Waals surface area contributed by atoms with E-state index in [1.165, 1.54) is 12.3 Å². The maximum absolute atomic E-state index is 13.1. The Morgan fingerprint density at radius 1 is 1.22 bits per heavy atom. The predicted molar refractivity (Wildman–Crippen MR) is 65.6 cm³/mol. The lowest BCUT2D eigenvalue weighted by Gasteiger charge is -1.97. The zero-order chi connectivity index (χ0) is 12.7. The molecule has 0 spiro atoms. The van der Waals surface area contributed by atoms with Gasteiger partial charge in [-0.1, -0.05) is 0 Å². The van der Waals surface area contributed by atoms with E-state index in [0.29, 0.717) is 16.7 Å². The number of rotatable bonds is 1. The number of aryl methyl sites for hydroxylation is 1. The molecule has 0 aliphatic rings. The van der Waals surface area contributed by atoms with Gasteiger partial charge in [0.25, 0.3) is 0 Å². The van der Waals surface area contributed by atoms with Crippen LogP contribution in [0.15, 0.2) is 36.5 Å². The van der Waals surface area contributed by atoms with E-state index < -0.39 is 0 Å². The fourth-order valence-corrected chi connectivity index (χ4v) is 1.92. The smallest absolute Gasteiger partial charge is 0.143 e. The van der Waals surface area contributed by atoms with E-state index in [1.807, 2.05) is 0 Å². The van der Waals surface area contributed by atoms with Crippen LogP contribution in [0.2, 0.25) is 0 Å². The second-order valence-corrected chi connectivity index (χ2v) is 4.04. The van der Waals surface area contributed by atoms with Gasteiger partial charge in [-0.2, -0.15) is 5.10 Å². The SMILES string of the molecule is Cn1nc(-c2ccc(O)cc2)c2ncc(F)cc21. The van der Waals surface area contributed by atoms with Gasteiger partial charge in [-0.3, -0.25) is 4.68 Å². The number of halogens is 1. The Bertz CT molecular complexity index is 719. The Morgan fingerprint density at radius 2 is 1.94 bits per heavy atom. The quantitative estimate of drug-likeness (QED) is 0.714. The summed E-state index contributed by atoms with van der Waals surface area (Å²) < 4.78 is 14.7. The summed E-state index contributed by atoms with van der Waals surface area (Å²) in [4.78, 5) is 4.08. The molecular formula is C13H10FN3O. The van der Waals surface area contributed by atoms with Crippen molar-refractivity contribution in [3.05, 3.63) is 42.3 Å². The van der Waals surface area contributed by atoms with E-state index in [-0.39, 0.29) is 11.6 Å². The number of aromatic hydroxyl groups is 1. The minimum atomic E-state index is -0.386. The normalized spacial score (nSPS) is 11.0. The molecule has 0 amide bonds. The molecule has 90 valence electrons. The van der Waals surface area contributed by atoms with Gasteiger partial charge in [0.15, 0.2) is 0 Å². The number of nitrogens with zero attached hydrogens (tertiary/aromatic N) is 3. The summed E-state index contributed by atoms with van der Waals surface area (Å²) in [5.74, 6) is -0.194. The van der Waals surface area contributed by atoms with Crippen LogP contribution in [-0.4, -0.2) is 19.9 Å². The summed E-state index contributed by atoms with van der Waals surface area (Å²) in [6.07, 6.45) is 1.17. The highest BCUT2D eigenvalue weighted by atomic mass is 19.1. The average molecular weight is 243 g/mol. The van der Waals surface area contributed by atoms with Gasteiger partial charge in [0, 0.05) is 18.7 Å². The van der Waals surface area contributed by atoms with Crippen LogP contribution < -0.4 is 0 Å². The molecule has 5 heteroatoms. The summed E-state index contributed by atoms with van der Waals surface area (Å²) in [6.45, 7) is 0. The first-order valence-electron chi connectivity index (χ1n) is 5.43. The minimum absolute atomic E-state index is 0.193. The van der Waals surface area contributed by atoms with Gasteiger partial charge in [0.1, 0.15) is 22.8 Å². The molecule has 0 atom stereocenters. The molecule has 0 fully saturated rings. The van der Waals surface area contributed by atoms with Crippen molar-refractivity contribution in [2.24, 2.45) is 7.05 Å². The van der Waals surface area contributed by atoms with E-state index in [1.54, 1.807) is 36.0 Å². The summed E-state index contributed by atoms with van der Waals surface area (Å²) in [6, 6.07) is 8.07. The standard InChI is InChI=1S/C13H10FN3O/c1-17-11-6-9(14)7-15-13(11)12(16-17)8-2-4-10(18)5-3-8/h2-7,18H,1H3. The lowest BCUT2D eigenvalue weighted by atomic mass is 10.1. The van der Waals surface area contributed by atoms with Gasteiger partial charge in [0.2, 0.25) is 0 Å². The summed E-state index contributed by atoms with van der Waals surface area (Å²) in [7, 11) is 1.74. The summed E-state index contributed by atoms with van der Waals surface area (Å²) >= 11 is 0. The van der Waals surface area contributed by atoms with Crippen molar-refractivity contribution in [3.8, 4) is 17.0 Å². The Balaban J connectivity index is 2.26. The average Bonchev–Trinajstić information content (AvgIpc) is 2.68. The molecule has 0 aliphatic carbocycles. The maximum atomic E-state index is 13.1. The molecule has 2 heterocycles. The van der Waals surface area contributed by atoms with Crippen LogP contribution >= 0.6 is 0 Å². The Hall–Kier alpha value is -2.43. The van der Waals surface area contributed by atoms with Crippen LogP contribution in [0.5, 0.6) is 5.75 Å². The van der Waals surface area contributed by atoms with E-state index >= 15 is 0 Å². The molecule has 0 saturated heterocycles. The van der Waals surface area contributed by atoms with Crippen LogP contribution in [0.1, 0.15) is 0 Å². The zero-order valence-corrected chi connectivity index (χ0v) is 9.63. The highest BCUT2D eigenvalue weighted by Gasteiger charge is 2.12. The second-order valence-electron chi connectivity index (χ2n) is 4.04. The van der Waals surface area contributed by atoms with Crippen molar-refractivity contribution < 1.29 is 9.50 Å². The largest absolute Gasteiger partial charge is 0.508 e. The third kappa shape index (κ3) is 1.60. The Kier molecular flexibility index (Phi) is 2.26. The van der Waals surface area contributed by atoms with Gasteiger partial charge in [-0.25, -0.2) is 9.37 Å². The molecule has 18 heavy (non-hydrogen) atoms. The number of hydrogen-bond acceptors (Lipinski definition) is 3. The molecule has 0 radical (unpaired) electrons. The van der Waals surface area contributed by atoms with Crippen molar-refractivity contribution >= 4 is 11.0 Å². The lowest BCUT2D eigenvalue weighted by Crippen LogP contribution is -1.90. The van der Waals surface area contributed by atoms with Gasteiger partial charge >= 0.3 is 0 Å². The van der Waals surface area contributed by atoms with Gasteiger partial charge in [0.05, 0.1) is 11.7 Å². The third-order valence-electron chi connectivity index (χ3n) is 2.80. The van der Waals surface area contributed by atoms with E-state index in [4.69, 9.17) is 0 Å². The van der Waals surface area contributed by atoms with Crippen LogP contribution in [0.3, 0.4) is 0 Å². The van der Waals surface area contributed by atoms with E-state index in [2.05, 4.69) is 10.1 Å². The second kappa shape index (κ2) is 3.80. The zero-order valence-electron chi connectivity index (χ0n) is 9.63. The first-order chi connectivity index (χ1) is 8.65. The van der Waals surface area contributed by atoms with Crippen LogP contribution in [-0.2, 0) is 7.05 Å². The number of phenols is 1. The van der Waals surface area contributed by atoms with Gasteiger partial charge in [-0.15, -0.1) is 0 Å². The molecule has 4 nitrogen and oxygen atoms in total. The van der Waals surface area contributed by atoms with E-state index in [0.717, 1.165) is 5.56 Å². The number of fused-ring (bicyclic) bond motifs is 1. The molecule has 1 N–H and O–H groups in total. The van der Waals surface area contributed by atoms with Gasteiger partial charge in [-0.05, 0) is 24.3 Å². The molecule has 0 bridgehead atoms. The van der Waals surface area contributed by atoms with Crippen LogP contribution in [0, 0.1) is 5.82 Å². The first-order valence-corrected chi connectivity index (χ1v) is 5.43. The van der Waals surface area contributed by atoms with Crippen molar-refractivity contribution in [1.29, 1.82) is 0 Å². The number of pyridine rings is 1. The number of benzene rings is 1. The lowest BCUT2D eigenvalue weighted by molar-refractivity contribution is 0.475. The van der Waals surface area contributed by atoms with E-state index in [9.17, 15) is 9.50 Å². The summed E-state index contributed by atoms with van der Waals surface area (Å²) in [5, 5.41) is 13.6. The molecule has 3 rings (SSSR count). The Morgan fingerprint density at radius 3 is 2.67 bits per heavy atom. The maximum Gasteiger partial charge on any atom is 0.143 e. The molecule has 0 saturated carbocycles. The molecule has 0 aliphatic heterocycles. The predicted octanol–water partition coefficient (Wildman–Crippen LogP) is 2.48. The fraction of sp³-hybridized carbons (Fsp3) is 0.0769. The van der Waals surface area contributed by atoms with Crippen molar-refractivity contribution in [1.82, 2.24) is 14.8 Å². The highest BCUT2D eigenvalue weighted by Crippen LogP contribution is 2.27. The van der Waals surface area contributed by atoms with Crippen molar-refractivity contribution in [3.63, 3.8) is 0 Å². The monoisotopic (exact) mass is 243 g/mol. The molecule has 0 unspecified atom stereocenters. The molecular weight excluding hydrogens is 233 g/mol. The van der Waals surface area contributed by atoms with Crippen LogP contribution in [0.4, 0.5) is 4.39 Å². The van der Waals surface area contributed by atoms with Crippen molar-refractivity contribution in [2.75, 3.05) is 0 Å². The molecule has 1 aromatic carbocycles. The molecule has 3 aromatic rings. The number of aromatic nitrogens is 3. The topological polar surface area (TPSA) is 50.9 Å². The Labute approximate surface area is 102 Å².